The van der Waals surface area contributed by atoms with Gasteiger partial charge < -0.3 is 10.3 Å². The molecule has 0 bridgehead atoms. The first kappa shape index (κ1) is 14.4. The molecule has 0 aliphatic heterocycles. The molecule has 2 aromatic carbocycles. The minimum absolute atomic E-state index is 0.763. The summed E-state index contributed by atoms with van der Waals surface area (Å²) >= 11 is 7.94. The van der Waals surface area contributed by atoms with Crippen molar-refractivity contribution in [1.29, 1.82) is 0 Å². The van der Waals surface area contributed by atoms with Gasteiger partial charge in [0.25, 0.3) is 0 Å². The highest BCUT2D eigenvalue weighted by atomic mass is 35.5. The molecule has 0 fully saturated rings. The van der Waals surface area contributed by atoms with Crippen molar-refractivity contribution in [3.63, 3.8) is 0 Å². The predicted octanol–water partition coefficient (Wildman–Crippen LogP) is 4.48. The van der Waals surface area contributed by atoms with Gasteiger partial charge in [-0.1, -0.05) is 48.5 Å². The standard InChI is InChI=1S/C16H16ClN3S/c1-2-18-10-11-12(17)6-5-9-15(11)21-16-19-13-7-3-4-8-14(13)20-16/h3-9,18H,2,10H2,1H3,(H,19,20). The van der Waals surface area contributed by atoms with Crippen molar-refractivity contribution in [1.82, 2.24) is 15.3 Å². The third-order valence-electron chi connectivity index (χ3n) is 3.20. The molecule has 1 aromatic heterocycles. The van der Waals surface area contributed by atoms with Crippen LogP contribution in [0.1, 0.15) is 12.5 Å². The summed E-state index contributed by atoms with van der Waals surface area (Å²) in [5, 5.41) is 5.00. The van der Waals surface area contributed by atoms with Crippen LogP contribution in [0.25, 0.3) is 11.0 Å². The molecule has 3 nitrogen and oxygen atoms in total. The molecule has 0 radical (unpaired) electrons. The number of benzene rings is 2. The van der Waals surface area contributed by atoms with Crippen LogP contribution in [0.5, 0.6) is 0 Å². The Bertz CT molecular complexity index is 721. The highest BCUT2D eigenvalue weighted by Crippen LogP contribution is 2.33. The van der Waals surface area contributed by atoms with Crippen LogP contribution in [-0.4, -0.2) is 16.5 Å². The second-order valence-electron chi connectivity index (χ2n) is 4.66. The largest absolute Gasteiger partial charge is 0.333 e. The first-order chi connectivity index (χ1) is 10.3. The summed E-state index contributed by atoms with van der Waals surface area (Å²) in [4.78, 5) is 9.07. The van der Waals surface area contributed by atoms with Crippen LogP contribution >= 0.6 is 23.4 Å². The maximum absolute atomic E-state index is 6.33. The van der Waals surface area contributed by atoms with Gasteiger partial charge in [-0.25, -0.2) is 4.98 Å². The van der Waals surface area contributed by atoms with E-state index in [2.05, 4.69) is 28.3 Å². The van der Waals surface area contributed by atoms with E-state index >= 15 is 0 Å². The molecule has 21 heavy (non-hydrogen) atoms. The second-order valence-corrected chi connectivity index (χ2v) is 6.10. The maximum atomic E-state index is 6.33. The van der Waals surface area contributed by atoms with Crippen molar-refractivity contribution in [2.24, 2.45) is 0 Å². The number of aromatic amines is 1. The molecular formula is C16H16ClN3S. The number of para-hydroxylation sites is 2. The van der Waals surface area contributed by atoms with E-state index < -0.39 is 0 Å². The molecule has 3 aromatic rings. The van der Waals surface area contributed by atoms with Crippen LogP contribution < -0.4 is 5.32 Å². The molecule has 0 spiro atoms. The molecule has 5 heteroatoms. The molecule has 0 unspecified atom stereocenters. The summed E-state index contributed by atoms with van der Waals surface area (Å²) < 4.78 is 0. The van der Waals surface area contributed by atoms with Crippen molar-refractivity contribution in [3.8, 4) is 0 Å². The summed E-state index contributed by atoms with van der Waals surface area (Å²) in [5.74, 6) is 0. The Hall–Kier alpha value is -1.49. The monoisotopic (exact) mass is 317 g/mol. The zero-order valence-electron chi connectivity index (χ0n) is 11.7. The van der Waals surface area contributed by atoms with Crippen LogP contribution in [0.4, 0.5) is 0 Å². The van der Waals surface area contributed by atoms with E-state index in [4.69, 9.17) is 11.6 Å². The molecule has 0 atom stereocenters. The van der Waals surface area contributed by atoms with Gasteiger partial charge in [0.2, 0.25) is 0 Å². The number of halogens is 1. The van der Waals surface area contributed by atoms with Gasteiger partial charge in [0, 0.05) is 16.5 Å². The SMILES string of the molecule is CCNCc1c(Cl)cccc1Sc1nc2ccccc2[nH]1. The normalized spacial score (nSPS) is 11.1. The van der Waals surface area contributed by atoms with Crippen molar-refractivity contribution < 1.29 is 0 Å². The molecular weight excluding hydrogens is 302 g/mol. The van der Waals surface area contributed by atoms with Crippen molar-refractivity contribution in [2.45, 2.75) is 23.5 Å². The Morgan fingerprint density at radius 2 is 2.05 bits per heavy atom. The Balaban J connectivity index is 1.91. The number of nitrogens with zero attached hydrogens (tertiary/aromatic N) is 1. The quantitative estimate of drug-likeness (QED) is 0.729. The van der Waals surface area contributed by atoms with Crippen LogP contribution in [-0.2, 0) is 6.54 Å². The highest BCUT2D eigenvalue weighted by molar-refractivity contribution is 7.99. The van der Waals surface area contributed by atoms with Crippen LogP contribution in [0.2, 0.25) is 5.02 Å². The van der Waals surface area contributed by atoms with E-state index in [0.717, 1.165) is 44.8 Å². The number of hydrogen-bond acceptors (Lipinski definition) is 3. The fourth-order valence-corrected chi connectivity index (χ4v) is 3.40. The Morgan fingerprint density at radius 1 is 1.19 bits per heavy atom. The molecule has 0 aliphatic carbocycles. The third-order valence-corrected chi connectivity index (χ3v) is 4.55. The van der Waals surface area contributed by atoms with E-state index in [-0.39, 0.29) is 0 Å². The lowest BCUT2D eigenvalue weighted by Crippen LogP contribution is -2.12. The van der Waals surface area contributed by atoms with Crippen LogP contribution in [0, 0.1) is 0 Å². The number of nitrogens with one attached hydrogen (secondary N) is 2. The summed E-state index contributed by atoms with van der Waals surface area (Å²) in [6, 6.07) is 14.0. The predicted molar refractivity (Wildman–Crippen MR) is 89.0 cm³/mol. The maximum Gasteiger partial charge on any atom is 0.171 e. The lowest BCUT2D eigenvalue weighted by atomic mass is 10.2. The lowest BCUT2D eigenvalue weighted by Gasteiger charge is -2.10. The van der Waals surface area contributed by atoms with E-state index in [9.17, 15) is 0 Å². The molecule has 0 saturated heterocycles. The van der Waals surface area contributed by atoms with Crippen LogP contribution in [0.3, 0.4) is 0 Å². The lowest BCUT2D eigenvalue weighted by molar-refractivity contribution is 0.718. The minimum Gasteiger partial charge on any atom is -0.333 e. The zero-order valence-corrected chi connectivity index (χ0v) is 13.3. The van der Waals surface area contributed by atoms with Crippen molar-refractivity contribution in [3.05, 3.63) is 53.1 Å². The summed E-state index contributed by atoms with van der Waals surface area (Å²) in [7, 11) is 0. The number of H-pyrrole nitrogens is 1. The molecule has 0 aliphatic rings. The first-order valence-electron chi connectivity index (χ1n) is 6.88. The third kappa shape index (κ3) is 3.23. The topological polar surface area (TPSA) is 40.7 Å². The Morgan fingerprint density at radius 3 is 2.86 bits per heavy atom. The van der Waals surface area contributed by atoms with Crippen LogP contribution in [0.15, 0.2) is 52.5 Å². The Labute approximate surface area is 133 Å². The Kier molecular flexibility index (Phi) is 4.48. The van der Waals surface area contributed by atoms with E-state index in [0.29, 0.717) is 0 Å². The number of fused-ring (bicyclic) bond motifs is 1. The smallest absolute Gasteiger partial charge is 0.171 e. The molecule has 2 N–H and O–H groups in total. The van der Waals surface area contributed by atoms with E-state index in [1.807, 2.05) is 36.4 Å². The minimum atomic E-state index is 0.763. The highest BCUT2D eigenvalue weighted by Gasteiger charge is 2.10. The van der Waals surface area contributed by atoms with Gasteiger partial charge in [-0.05, 0) is 36.4 Å². The van der Waals surface area contributed by atoms with E-state index in [1.165, 1.54) is 0 Å². The molecule has 0 saturated carbocycles. The number of hydrogen-bond donors (Lipinski definition) is 2. The summed E-state index contributed by atoms with van der Waals surface area (Å²) in [5.41, 5.74) is 3.15. The second kappa shape index (κ2) is 6.52. The molecule has 3 rings (SSSR count). The van der Waals surface area contributed by atoms with Gasteiger partial charge in [-0.3, -0.25) is 0 Å². The van der Waals surface area contributed by atoms with Crippen molar-refractivity contribution in [2.75, 3.05) is 6.54 Å². The fraction of sp³-hybridized carbons (Fsp3) is 0.188. The zero-order chi connectivity index (χ0) is 14.7. The molecule has 108 valence electrons. The summed E-state index contributed by atoms with van der Waals surface area (Å²) in [6.07, 6.45) is 0. The van der Waals surface area contributed by atoms with E-state index in [1.54, 1.807) is 11.8 Å². The van der Waals surface area contributed by atoms with Gasteiger partial charge in [0.1, 0.15) is 0 Å². The van der Waals surface area contributed by atoms with Gasteiger partial charge in [-0.2, -0.15) is 0 Å². The first-order valence-corrected chi connectivity index (χ1v) is 8.08. The van der Waals surface area contributed by atoms with Gasteiger partial charge in [0.05, 0.1) is 11.0 Å². The number of aromatic nitrogens is 2. The summed E-state index contributed by atoms with van der Waals surface area (Å²) in [6.45, 7) is 3.77. The van der Waals surface area contributed by atoms with Gasteiger partial charge in [-0.15, -0.1) is 0 Å². The fourth-order valence-electron chi connectivity index (χ4n) is 2.14. The molecule has 1 heterocycles. The van der Waals surface area contributed by atoms with Gasteiger partial charge in [0.15, 0.2) is 5.16 Å². The van der Waals surface area contributed by atoms with Crippen molar-refractivity contribution >= 4 is 34.4 Å². The number of rotatable bonds is 5. The molecule has 0 amide bonds. The number of imidazole rings is 1. The average Bonchev–Trinajstić information content (AvgIpc) is 2.89. The van der Waals surface area contributed by atoms with Gasteiger partial charge >= 0.3 is 0 Å². The average molecular weight is 318 g/mol.